The summed E-state index contributed by atoms with van der Waals surface area (Å²) in [5.74, 6) is 0.613. The van der Waals surface area contributed by atoms with Crippen molar-refractivity contribution in [3.05, 3.63) is 96.4 Å². The molecule has 6 nitrogen and oxygen atoms in total. The Kier molecular flexibility index (Phi) is 5.85. The first kappa shape index (κ1) is 20.3. The Hall–Kier alpha value is -3.64. The highest BCUT2D eigenvalue weighted by Crippen LogP contribution is 2.25. The molecule has 0 saturated carbocycles. The van der Waals surface area contributed by atoms with Gasteiger partial charge in [-0.2, -0.15) is 5.10 Å². The van der Waals surface area contributed by atoms with Gasteiger partial charge in [-0.3, -0.25) is 4.79 Å². The summed E-state index contributed by atoms with van der Waals surface area (Å²) in [5.41, 5.74) is 3.19. The lowest BCUT2D eigenvalue weighted by molar-refractivity contribution is -0.000574. The van der Waals surface area contributed by atoms with Crippen LogP contribution in [0.2, 0.25) is 0 Å². The molecule has 3 heterocycles. The first-order chi connectivity index (χ1) is 15.8. The Morgan fingerprint density at radius 2 is 1.69 bits per heavy atom. The molecule has 2 aromatic heterocycles. The molecule has 0 atom stereocenters. The maximum atomic E-state index is 13.5. The van der Waals surface area contributed by atoms with Crippen LogP contribution >= 0.6 is 0 Å². The number of aromatic nitrogens is 2. The van der Waals surface area contributed by atoms with Crippen molar-refractivity contribution in [3.8, 4) is 17.1 Å². The van der Waals surface area contributed by atoms with E-state index in [4.69, 9.17) is 9.15 Å². The third-order valence-corrected chi connectivity index (χ3v) is 5.76. The van der Waals surface area contributed by atoms with Crippen LogP contribution in [-0.4, -0.2) is 39.8 Å². The molecule has 1 amide bonds. The number of nitrogens with zero attached hydrogens (tertiary/aromatic N) is 3. The molecule has 0 spiro atoms. The van der Waals surface area contributed by atoms with Crippen LogP contribution in [0.5, 0.6) is 0 Å². The Labute approximate surface area is 187 Å². The first-order valence-electron chi connectivity index (χ1n) is 10.9. The molecule has 32 heavy (non-hydrogen) atoms. The number of likely N-dealkylation sites (tertiary alicyclic amines) is 1. The Balaban J connectivity index is 1.30. The molecule has 162 valence electrons. The van der Waals surface area contributed by atoms with Gasteiger partial charge >= 0.3 is 0 Å². The minimum Gasteiger partial charge on any atom is -0.463 e. The fourth-order valence-corrected chi connectivity index (χ4v) is 4.02. The number of carbonyl (C=O) groups excluding carboxylic acids is 1. The van der Waals surface area contributed by atoms with E-state index < -0.39 is 0 Å². The fraction of sp³-hybridized carbons (Fsp3) is 0.231. The SMILES string of the molecule is O=C(c1cc(-c2ccco2)nn1-c1ccccc1)N1CCC(OCc2ccccc2)CC1. The highest BCUT2D eigenvalue weighted by atomic mass is 16.5. The predicted octanol–water partition coefficient (Wildman–Crippen LogP) is 4.95. The second-order valence-corrected chi connectivity index (χ2v) is 7.93. The number of furan rings is 1. The number of rotatable bonds is 6. The average molecular weight is 428 g/mol. The highest BCUT2D eigenvalue weighted by molar-refractivity contribution is 5.94. The van der Waals surface area contributed by atoms with E-state index in [1.54, 1.807) is 10.9 Å². The summed E-state index contributed by atoms with van der Waals surface area (Å²) >= 11 is 0. The molecule has 1 fully saturated rings. The number of benzene rings is 2. The van der Waals surface area contributed by atoms with Crippen LogP contribution in [0.4, 0.5) is 0 Å². The van der Waals surface area contributed by atoms with Gasteiger partial charge in [-0.25, -0.2) is 4.68 Å². The molecule has 1 aliphatic rings. The number of ether oxygens (including phenoxy) is 1. The summed E-state index contributed by atoms with van der Waals surface area (Å²) in [4.78, 5) is 15.4. The minimum atomic E-state index is -0.0272. The number of piperidine rings is 1. The first-order valence-corrected chi connectivity index (χ1v) is 10.9. The van der Waals surface area contributed by atoms with E-state index in [1.165, 1.54) is 5.56 Å². The van der Waals surface area contributed by atoms with Gasteiger partial charge < -0.3 is 14.1 Å². The van der Waals surface area contributed by atoms with Crippen LogP contribution in [0.1, 0.15) is 28.9 Å². The minimum absolute atomic E-state index is 0.0272. The monoisotopic (exact) mass is 427 g/mol. The van der Waals surface area contributed by atoms with Gasteiger partial charge in [0.25, 0.3) is 5.91 Å². The zero-order chi connectivity index (χ0) is 21.8. The number of hydrogen-bond acceptors (Lipinski definition) is 4. The molecule has 0 bridgehead atoms. The van der Waals surface area contributed by atoms with Crippen molar-refractivity contribution >= 4 is 5.91 Å². The summed E-state index contributed by atoms with van der Waals surface area (Å²) in [6, 6.07) is 25.4. The van der Waals surface area contributed by atoms with Gasteiger partial charge in [0.1, 0.15) is 11.4 Å². The summed E-state index contributed by atoms with van der Waals surface area (Å²) in [6.45, 7) is 1.93. The molecule has 6 heteroatoms. The van der Waals surface area contributed by atoms with Crippen LogP contribution in [0.15, 0.2) is 89.5 Å². The molecule has 5 rings (SSSR count). The number of para-hydroxylation sites is 1. The fourth-order valence-electron chi connectivity index (χ4n) is 4.02. The molecule has 0 N–H and O–H groups in total. The van der Waals surface area contributed by atoms with Crippen LogP contribution in [0.25, 0.3) is 17.1 Å². The summed E-state index contributed by atoms with van der Waals surface area (Å²) < 4.78 is 13.3. The number of hydrogen-bond donors (Lipinski definition) is 0. The van der Waals surface area contributed by atoms with Crippen LogP contribution in [0.3, 0.4) is 0 Å². The van der Waals surface area contributed by atoms with Crippen molar-refractivity contribution in [1.82, 2.24) is 14.7 Å². The summed E-state index contributed by atoms with van der Waals surface area (Å²) in [6.07, 6.45) is 3.42. The van der Waals surface area contributed by atoms with Crippen LogP contribution in [0, 0.1) is 0 Å². The van der Waals surface area contributed by atoms with E-state index in [9.17, 15) is 4.79 Å². The standard InChI is InChI=1S/C26H25N3O3/c30-26(28-15-13-22(14-16-28)32-19-20-8-3-1-4-9-20)24-18-23(25-12-7-17-31-25)27-29(24)21-10-5-2-6-11-21/h1-12,17-18,22H,13-16,19H2. The molecule has 0 unspecified atom stereocenters. The van der Waals surface area contributed by atoms with Crippen molar-refractivity contribution in [1.29, 1.82) is 0 Å². The van der Waals surface area contributed by atoms with E-state index in [0.717, 1.165) is 18.5 Å². The van der Waals surface area contributed by atoms with Gasteiger partial charge in [0, 0.05) is 19.2 Å². The lowest BCUT2D eigenvalue weighted by atomic mass is 10.1. The lowest BCUT2D eigenvalue weighted by Crippen LogP contribution is -2.41. The number of carbonyl (C=O) groups is 1. The normalized spacial score (nSPS) is 14.6. The van der Waals surface area contributed by atoms with Crippen LogP contribution < -0.4 is 0 Å². The quantitative estimate of drug-likeness (QED) is 0.437. The van der Waals surface area contributed by atoms with E-state index >= 15 is 0 Å². The maximum absolute atomic E-state index is 13.5. The van der Waals surface area contributed by atoms with Crippen molar-refractivity contribution in [3.63, 3.8) is 0 Å². The predicted molar refractivity (Wildman–Crippen MR) is 121 cm³/mol. The molecular formula is C26H25N3O3. The van der Waals surface area contributed by atoms with Crippen molar-refractivity contribution in [2.75, 3.05) is 13.1 Å². The summed E-state index contributed by atoms with van der Waals surface area (Å²) in [5, 5.41) is 4.67. The Morgan fingerprint density at radius 3 is 2.38 bits per heavy atom. The lowest BCUT2D eigenvalue weighted by Gasteiger charge is -2.32. The van der Waals surface area contributed by atoms with Crippen molar-refractivity contribution in [2.45, 2.75) is 25.6 Å². The topological polar surface area (TPSA) is 60.5 Å². The molecular weight excluding hydrogens is 402 g/mol. The van der Waals surface area contributed by atoms with Gasteiger partial charge in [0.05, 0.1) is 24.7 Å². The smallest absolute Gasteiger partial charge is 0.272 e. The van der Waals surface area contributed by atoms with Crippen molar-refractivity contribution in [2.24, 2.45) is 0 Å². The molecule has 0 radical (unpaired) electrons. The Bertz CT molecular complexity index is 1150. The molecule has 1 saturated heterocycles. The number of amides is 1. The van der Waals surface area contributed by atoms with Gasteiger partial charge in [-0.15, -0.1) is 0 Å². The maximum Gasteiger partial charge on any atom is 0.272 e. The molecule has 4 aromatic rings. The van der Waals surface area contributed by atoms with E-state index in [0.29, 0.717) is 36.8 Å². The zero-order valence-corrected chi connectivity index (χ0v) is 17.8. The van der Waals surface area contributed by atoms with E-state index in [1.807, 2.05) is 71.6 Å². The van der Waals surface area contributed by atoms with Gasteiger partial charge in [0.2, 0.25) is 0 Å². The zero-order valence-electron chi connectivity index (χ0n) is 17.8. The second kappa shape index (κ2) is 9.24. The van der Waals surface area contributed by atoms with Crippen molar-refractivity contribution < 1.29 is 13.9 Å². The van der Waals surface area contributed by atoms with Gasteiger partial charge in [-0.05, 0) is 42.7 Å². The average Bonchev–Trinajstić information content (AvgIpc) is 3.54. The van der Waals surface area contributed by atoms with E-state index in [2.05, 4.69) is 17.2 Å². The third-order valence-electron chi connectivity index (χ3n) is 5.76. The third kappa shape index (κ3) is 4.36. The van der Waals surface area contributed by atoms with E-state index in [-0.39, 0.29) is 12.0 Å². The van der Waals surface area contributed by atoms with Gasteiger partial charge in [-0.1, -0.05) is 48.5 Å². The largest absolute Gasteiger partial charge is 0.463 e. The second-order valence-electron chi connectivity index (χ2n) is 7.93. The highest BCUT2D eigenvalue weighted by Gasteiger charge is 2.27. The van der Waals surface area contributed by atoms with Crippen LogP contribution in [-0.2, 0) is 11.3 Å². The molecule has 0 aliphatic carbocycles. The molecule has 1 aliphatic heterocycles. The molecule has 2 aromatic carbocycles. The summed E-state index contributed by atoms with van der Waals surface area (Å²) in [7, 11) is 0. The Morgan fingerprint density at radius 1 is 0.969 bits per heavy atom. The van der Waals surface area contributed by atoms with Gasteiger partial charge in [0.15, 0.2) is 5.76 Å².